The summed E-state index contributed by atoms with van der Waals surface area (Å²) >= 11 is -0.00541. The number of esters is 1. The van der Waals surface area contributed by atoms with Crippen LogP contribution >= 0.6 is 0 Å². The second kappa shape index (κ2) is 6.17. The van der Waals surface area contributed by atoms with Crippen LogP contribution in [0.15, 0.2) is 54.6 Å². The van der Waals surface area contributed by atoms with Gasteiger partial charge in [0.15, 0.2) is 0 Å². The van der Waals surface area contributed by atoms with Crippen molar-refractivity contribution < 1.29 is 14.3 Å². The van der Waals surface area contributed by atoms with E-state index in [4.69, 9.17) is 9.47 Å². The summed E-state index contributed by atoms with van der Waals surface area (Å²) in [5, 5.41) is 1.09. The molecular formula is C17H14O3Se. The van der Waals surface area contributed by atoms with E-state index in [1.54, 1.807) is 0 Å². The summed E-state index contributed by atoms with van der Waals surface area (Å²) in [6.45, 7) is 0.546. The molecule has 3 rings (SSSR count). The molecule has 0 spiro atoms. The van der Waals surface area contributed by atoms with Gasteiger partial charge in [0, 0.05) is 0 Å². The summed E-state index contributed by atoms with van der Waals surface area (Å²) < 4.78 is 12.5. The summed E-state index contributed by atoms with van der Waals surface area (Å²) in [6.07, 6.45) is 0. The van der Waals surface area contributed by atoms with E-state index in [9.17, 15) is 4.79 Å². The van der Waals surface area contributed by atoms with Gasteiger partial charge in [-0.1, -0.05) is 0 Å². The Kier molecular flexibility index (Phi) is 4.09. The molecule has 21 heavy (non-hydrogen) atoms. The first kappa shape index (κ1) is 13.9. The van der Waals surface area contributed by atoms with Crippen LogP contribution in [0.25, 0.3) is 9.65 Å². The molecule has 3 aromatic rings. The first-order valence-corrected chi connectivity index (χ1v) is 8.26. The molecule has 0 radical (unpaired) electrons. The maximum atomic E-state index is 11.6. The molecule has 0 aliphatic rings. The number of hydrogen-bond acceptors (Lipinski definition) is 3. The fraction of sp³-hybridized carbons (Fsp3) is 0.118. The Morgan fingerprint density at radius 2 is 1.90 bits per heavy atom. The van der Waals surface area contributed by atoms with Crippen LogP contribution in [-0.2, 0) is 11.3 Å². The Labute approximate surface area is 128 Å². The van der Waals surface area contributed by atoms with Gasteiger partial charge >= 0.3 is 128 Å². The summed E-state index contributed by atoms with van der Waals surface area (Å²) in [6, 6.07) is 17.9. The Morgan fingerprint density at radius 1 is 1.10 bits per heavy atom. The van der Waals surface area contributed by atoms with Gasteiger partial charge in [0.1, 0.15) is 0 Å². The zero-order valence-corrected chi connectivity index (χ0v) is 13.2. The van der Waals surface area contributed by atoms with Crippen molar-refractivity contribution in [3.63, 3.8) is 0 Å². The minimum atomic E-state index is -0.238. The summed E-state index contributed by atoms with van der Waals surface area (Å²) in [5.41, 5.74) is 1.14. The summed E-state index contributed by atoms with van der Waals surface area (Å²) in [7, 11) is 1.41. The quantitative estimate of drug-likeness (QED) is 0.538. The molecule has 1 aromatic heterocycles. The van der Waals surface area contributed by atoms with E-state index in [0.29, 0.717) is 6.61 Å². The number of carbonyl (C=O) groups excluding carboxylic acids is 1. The van der Waals surface area contributed by atoms with Gasteiger partial charge in [-0.3, -0.25) is 0 Å². The zero-order chi connectivity index (χ0) is 14.7. The third kappa shape index (κ3) is 3.18. The van der Waals surface area contributed by atoms with Crippen molar-refractivity contribution in [2.75, 3.05) is 7.11 Å². The molecule has 0 saturated carbocycles. The van der Waals surface area contributed by atoms with Crippen molar-refractivity contribution >= 4 is 30.1 Å². The molecule has 0 unspecified atom stereocenters. The van der Waals surface area contributed by atoms with Crippen molar-refractivity contribution in [2.45, 2.75) is 6.61 Å². The van der Waals surface area contributed by atoms with Crippen molar-refractivity contribution in [3.8, 4) is 5.75 Å². The van der Waals surface area contributed by atoms with Crippen LogP contribution in [-0.4, -0.2) is 27.6 Å². The van der Waals surface area contributed by atoms with Crippen molar-refractivity contribution in [2.24, 2.45) is 0 Å². The molecule has 0 atom stereocenters. The monoisotopic (exact) mass is 346 g/mol. The third-order valence-electron chi connectivity index (χ3n) is 3.13. The number of hydrogen-bond donors (Lipinski definition) is 0. The first-order chi connectivity index (χ1) is 10.3. The van der Waals surface area contributed by atoms with Gasteiger partial charge in [0.05, 0.1) is 0 Å². The van der Waals surface area contributed by atoms with Gasteiger partial charge in [-0.05, 0) is 0 Å². The van der Waals surface area contributed by atoms with Crippen molar-refractivity contribution in [1.82, 2.24) is 0 Å². The standard InChI is InChI=1S/C17H14O3Se/c1-19-17(18)16-9-13-7-8-14(10-15(13)21-16)20-11-12-5-3-2-4-6-12/h2-10H,11H2,1H3. The van der Waals surface area contributed by atoms with E-state index in [2.05, 4.69) is 0 Å². The van der Waals surface area contributed by atoms with Crippen LogP contribution in [0, 0.1) is 0 Å². The number of ether oxygens (including phenoxy) is 2. The maximum absolute atomic E-state index is 11.6. The Hall–Kier alpha value is -2.03. The molecule has 0 aliphatic carbocycles. The predicted octanol–water partition coefficient (Wildman–Crippen LogP) is 3.26. The molecule has 0 fully saturated rings. The Morgan fingerprint density at radius 3 is 2.67 bits per heavy atom. The second-order valence-corrected chi connectivity index (χ2v) is 6.85. The number of methoxy groups -OCH3 is 1. The predicted molar refractivity (Wildman–Crippen MR) is 83.0 cm³/mol. The van der Waals surface area contributed by atoms with E-state index in [0.717, 1.165) is 25.4 Å². The first-order valence-electron chi connectivity index (χ1n) is 6.55. The van der Waals surface area contributed by atoms with E-state index >= 15 is 0 Å². The molecule has 0 amide bonds. The molecule has 0 saturated heterocycles. The third-order valence-corrected chi connectivity index (χ3v) is 5.39. The van der Waals surface area contributed by atoms with E-state index in [1.165, 1.54) is 7.11 Å². The van der Waals surface area contributed by atoms with Gasteiger partial charge in [-0.2, -0.15) is 0 Å². The van der Waals surface area contributed by atoms with Gasteiger partial charge in [0.25, 0.3) is 0 Å². The summed E-state index contributed by atoms with van der Waals surface area (Å²) in [4.78, 5) is 11.6. The fourth-order valence-corrected chi connectivity index (χ4v) is 4.16. The number of fused-ring (bicyclic) bond motifs is 1. The van der Waals surface area contributed by atoms with Crippen LogP contribution in [0.4, 0.5) is 0 Å². The van der Waals surface area contributed by atoms with Crippen LogP contribution in [0.2, 0.25) is 0 Å². The molecule has 1 heterocycles. The molecule has 0 aliphatic heterocycles. The molecule has 0 N–H and O–H groups in total. The van der Waals surface area contributed by atoms with E-state index < -0.39 is 0 Å². The van der Waals surface area contributed by atoms with Crippen molar-refractivity contribution in [1.29, 1.82) is 0 Å². The molecule has 4 heteroatoms. The topological polar surface area (TPSA) is 35.5 Å². The van der Waals surface area contributed by atoms with Crippen LogP contribution in [0.1, 0.15) is 14.8 Å². The number of benzene rings is 2. The van der Waals surface area contributed by atoms with Gasteiger partial charge in [0.2, 0.25) is 0 Å². The van der Waals surface area contributed by atoms with Gasteiger partial charge in [-0.25, -0.2) is 0 Å². The molecule has 0 bridgehead atoms. The Bertz CT molecular complexity index is 762. The van der Waals surface area contributed by atoms with Crippen LogP contribution in [0.5, 0.6) is 5.75 Å². The molecule has 106 valence electrons. The zero-order valence-electron chi connectivity index (χ0n) is 11.5. The number of carbonyl (C=O) groups is 1. The van der Waals surface area contributed by atoms with Gasteiger partial charge < -0.3 is 0 Å². The molecule has 3 nitrogen and oxygen atoms in total. The second-order valence-electron chi connectivity index (χ2n) is 4.58. The fourth-order valence-electron chi connectivity index (χ4n) is 2.04. The number of rotatable bonds is 4. The average molecular weight is 345 g/mol. The SMILES string of the molecule is COC(=O)c1cc2ccc(OCc3ccccc3)cc2[se]1. The average Bonchev–Trinajstić information content (AvgIpc) is 2.96. The minimum absolute atomic E-state index is 0.00541. The van der Waals surface area contributed by atoms with Crippen LogP contribution < -0.4 is 4.74 Å². The normalized spacial score (nSPS) is 10.5. The van der Waals surface area contributed by atoms with Crippen LogP contribution in [0.3, 0.4) is 0 Å². The van der Waals surface area contributed by atoms with Gasteiger partial charge in [-0.15, -0.1) is 0 Å². The van der Waals surface area contributed by atoms with E-state index in [-0.39, 0.29) is 20.5 Å². The van der Waals surface area contributed by atoms with Crippen molar-refractivity contribution in [3.05, 3.63) is 64.6 Å². The molecule has 2 aromatic carbocycles. The molecular weight excluding hydrogens is 331 g/mol. The summed E-state index contributed by atoms with van der Waals surface area (Å²) in [5.74, 6) is 0.594. The van der Waals surface area contributed by atoms with E-state index in [1.807, 2.05) is 54.6 Å². The Balaban J connectivity index is 1.79.